The Balaban J connectivity index is 1.36. The van der Waals surface area contributed by atoms with E-state index in [0.717, 1.165) is 32.1 Å². The zero-order chi connectivity index (χ0) is 26.8. The van der Waals surface area contributed by atoms with Crippen molar-refractivity contribution in [3.8, 4) is 23.0 Å². The predicted octanol–water partition coefficient (Wildman–Crippen LogP) is 7.40. The second-order valence-corrected chi connectivity index (χ2v) is 10.8. The van der Waals surface area contributed by atoms with E-state index in [1.54, 1.807) is 43.3 Å². The summed E-state index contributed by atoms with van der Waals surface area (Å²) in [5, 5.41) is 10.7. The molecule has 5 nitrogen and oxygen atoms in total. The Morgan fingerprint density at radius 3 is 2.63 bits per heavy atom. The smallest absolute Gasteiger partial charge is 0.208 e. The van der Waals surface area contributed by atoms with Crippen LogP contribution in [0, 0.1) is 18.7 Å². The van der Waals surface area contributed by atoms with Gasteiger partial charge in [0.05, 0.1) is 11.7 Å². The number of halogens is 3. The molecule has 1 aliphatic rings. The number of hydrogen-bond acceptors (Lipinski definition) is 6. The minimum Gasteiger partial charge on any atom is -0.508 e. The molecule has 9 heteroatoms. The van der Waals surface area contributed by atoms with Gasteiger partial charge in [0, 0.05) is 34.7 Å². The summed E-state index contributed by atoms with van der Waals surface area (Å²) in [7, 11) is 0. The lowest BCUT2D eigenvalue weighted by Crippen LogP contribution is -2.26. The Labute approximate surface area is 228 Å². The van der Waals surface area contributed by atoms with Crippen LogP contribution < -0.4 is 9.47 Å². The van der Waals surface area contributed by atoms with Crippen molar-refractivity contribution in [2.45, 2.75) is 13.3 Å². The maximum absolute atomic E-state index is 13.8. The molecule has 1 saturated heterocycles. The van der Waals surface area contributed by atoms with E-state index in [9.17, 15) is 18.7 Å². The molecule has 1 aliphatic heterocycles. The van der Waals surface area contributed by atoms with Gasteiger partial charge in [-0.25, -0.2) is 4.39 Å². The van der Waals surface area contributed by atoms with Crippen molar-refractivity contribution in [3.05, 3.63) is 81.4 Å². The zero-order valence-corrected chi connectivity index (χ0v) is 22.2. The minimum absolute atomic E-state index is 0.0226. The fourth-order valence-corrected chi connectivity index (χ4v) is 6.12. The maximum atomic E-state index is 13.8. The lowest BCUT2D eigenvalue weighted by atomic mass is 10.0. The van der Waals surface area contributed by atoms with Crippen LogP contribution >= 0.6 is 22.9 Å². The maximum Gasteiger partial charge on any atom is 0.208 e. The number of ketones is 1. The molecule has 0 spiro atoms. The molecule has 5 rings (SSSR count). The van der Waals surface area contributed by atoms with Gasteiger partial charge in [-0.2, -0.15) is 0 Å². The minimum atomic E-state index is -0.520. The normalized spacial score (nSPS) is 15.7. The SMILES string of the molecule is Cc1cc(F)cc(Cl)c1C(=O)c1sc2cc(O)ccc2c1Oc1ccc(OCCN2CC[C@@H](CF)C2)cc1. The second kappa shape index (κ2) is 11.3. The third-order valence-electron chi connectivity index (χ3n) is 6.62. The van der Waals surface area contributed by atoms with E-state index in [1.165, 1.54) is 23.5 Å². The molecule has 0 amide bonds. The summed E-state index contributed by atoms with van der Waals surface area (Å²) in [6.45, 7) is 4.24. The van der Waals surface area contributed by atoms with Crippen LogP contribution in [0.4, 0.5) is 8.78 Å². The lowest BCUT2D eigenvalue weighted by Gasteiger charge is -2.16. The van der Waals surface area contributed by atoms with E-state index in [0.29, 0.717) is 44.4 Å². The predicted molar refractivity (Wildman–Crippen MR) is 146 cm³/mol. The summed E-state index contributed by atoms with van der Waals surface area (Å²) in [6, 6.07) is 14.2. The second-order valence-electron chi connectivity index (χ2n) is 9.38. The number of thiophene rings is 1. The highest BCUT2D eigenvalue weighted by Gasteiger charge is 2.26. The molecule has 1 N–H and O–H groups in total. The molecule has 1 aromatic heterocycles. The molecule has 0 unspecified atom stereocenters. The van der Waals surface area contributed by atoms with Gasteiger partial charge in [0.2, 0.25) is 5.78 Å². The van der Waals surface area contributed by atoms with Crippen molar-refractivity contribution in [1.29, 1.82) is 0 Å². The third-order valence-corrected chi connectivity index (χ3v) is 8.05. The molecule has 0 aliphatic carbocycles. The van der Waals surface area contributed by atoms with Crippen molar-refractivity contribution in [1.82, 2.24) is 4.90 Å². The van der Waals surface area contributed by atoms with E-state index >= 15 is 0 Å². The van der Waals surface area contributed by atoms with Gasteiger partial charge in [0.1, 0.15) is 34.5 Å². The standard InChI is InChI=1S/C29H26ClF2NO4S/c1-17-12-19(32)13-24(30)26(17)27(35)29-28(23-7-2-20(34)14-25(23)38-29)37-22-5-3-21(4-6-22)36-11-10-33-9-8-18(15-31)16-33/h2-7,12-14,18,34H,8-11,15-16H2,1H3/t18-/m0/s1. The fraction of sp³-hybridized carbons (Fsp3) is 0.276. The van der Waals surface area contributed by atoms with Crippen LogP contribution in [0.25, 0.3) is 10.1 Å². The fourth-order valence-electron chi connectivity index (χ4n) is 4.67. The van der Waals surface area contributed by atoms with Crippen molar-refractivity contribution < 1.29 is 28.2 Å². The number of phenolic OH excluding ortho intramolecular Hbond substituents is 1. The van der Waals surface area contributed by atoms with Gasteiger partial charge < -0.3 is 14.6 Å². The van der Waals surface area contributed by atoms with E-state index < -0.39 is 5.82 Å². The van der Waals surface area contributed by atoms with Gasteiger partial charge in [-0.1, -0.05) is 11.6 Å². The number of nitrogens with zero attached hydrogens (tertiary/aromatic N) is 1. The average Bonchev–Trinajstić information content (AvgIpc) is 3.48. The highest BCUT2D eigenvalue weighted by atomic mass is 35.5. The Bertz CT molecular complexity index is 1450. The van der Waals surface area contributed by atoms with Crippen LogP contribution in [0.15, 0.2) is 54.6 Å². The molecule has 4 aromatic rings. The molecule has 1 fully saturated rings. The Kier molecular flexibility index (Phi) is 7.83. The summed E-state index contributed by atoms with van der Waals surface area (Å²) in [5.74, 6) is 0.780. The molecule has 1 atom stereocenters. The van der Waals surface area contributed by atoms with Crippen LogP contribution in [-0.4, -0.2) is 48.7 Å². The van der Waals surface area contributed by atoms with Crippen molar-refractivity contribution in [2.75, 3.05) is 32.9 Å². The monoisotopic (exact) mass is 557 g/mol. The van der Waals surface area contributed by atoms with Gasteiger partial charge in [-0.05, 0) is 80.1 Å². The number of likely N-dealkylation sites (tertiary alicyclic amines) is 1. The first-order chi connectivity index (χ1) is 18.3. The number of carbonyl (C=O) groups is 1. The number of benzene rings is 3. The van der Waals surface area contributed by atoms with E-state index in [2.05, 4.69) is 4.90 Å². The first-order valence-electron chi connectivity index (χ1n) is 12.3. The van der Waals surface area contributed by atoms with Crippen molar-refractivity contribution in [3.63, 3.8) is 0 Å². The summed E-state index contributed by atoms with van der Waals surface area (Å²) < 4.78 is 39.3. The first-order valence-corrected chi connectivity index (χ1v) is 13.5. The zero-order valence-electron chi connectivity index (χ0n) is 20.7. The molecule has 0 radical (unpaired) electrons. The van der Waals surface area contributed by atoms with Crippen molar-refractivity contribution in [2.24, 2.45) is 5.92 Å². The van der Waals surface area contributed by atoms with Crippen LogP contribution in [-0.2, 0) is 0 Å². The average molecular weight is 558 g/mol. The summed E-state index contributed by atoms with van der Waals surface area (Å²) in [5.41, 5.74) is 0.621. The molecule has 198 valence electrons. The molecule has 0 saturated carbocycles. The first kappa shape index (κ1) is 26.4. The number of fused-ring (bicyclic) bond motifs is 1. The number of hydrogen-bond donors (Lipinski definition) is 1. The number of rotatable bonds is 9. The third kappa shape index (κ3) is 5.62. The highest BCUT2D eigenvalue weighted by molar-refractivity contribution is 7.21. The summed E-state index contributed by atoms with van der Waals surface area (Å²) in [4.78, 5) is 16.1. The number of ether oxygens (including phenoxy) is 2. The number of phenols is 1. The van der Waals surface area contributed by atoms with E-state index in [-0.39, 0.29) is 34.7 Å². The van der Waals surface area contributed by atoms with Gasteiger partial charge in [0.25, 0.3) is 0 Å². The van der Waals surface area contributed by atoms with Crippen molar-refractivity contribution >= 4 is 38.8 Å². The van der Waals surface area contributed by atoms with Crippen LogP contribution in [0.1, 0.15) is 27.2 Å². The van der Waals surface area contributed by atoms with Crippen LogP contribution in [0.2, 0.25) is 5.02 Å². The topological polar surface area (TPSA) is 59.0 Å². The number of carbonyl (C=O) groups excluding carboxylic acids is 1. The highest BCUT2D eigenvalue weighted by Crippen LogP contribution is 2.43. The number of aromatic hydroxyl groups is 1. The quantitative estimate of drug-likeness (QED) is 0.217. The molecule has 0 bridgehead atoms. The number of aryl methyl sites for hydroxylation is 1. The lowest BCUT2D eigenvalue weighted by molar-refractivity contribution is 0.104. The molecular formula is C29H26ClF2NO4S. The summed E-state index contributed by atoms with van der Waals surface area (Å²) in [6.07, 6.45) is 0.886. The Morgan fingerprint density at radius 2 is 1.92 bits per heavy atom. The number of alkyl halides is 1. The van der Waals surface area contributed by atoms with Gasteiger partial charge in [0.15, 0.2) is 5.75 Å². The van der Waals surface area contributed by atoms with Crippen LogP contribution in [0.5, 0.6) is 23.0 Å². The molecular weight excluding hydrogens is 532 g/mol. The van der Waals surface area contributed by atoms with E-state index in [4.69, 9.17) is 21.1 Å². The Morgan fingerprint density at radius 1 is 1.16 bits per heavy atom. The van der Waals surface area contributed by atoms with E-state index in [1.807, 2.05) is 0 Å². The van der Waals surface area contributed by atoms with Gasteiger partial charge in [-0.3, -0.25) is 14.1 Å². The summed E-state index contributed by atoms with van der Waals surface area (Å²) >= 11 is 7.43. The molecule has 2 heterocycles. The molecule has 3 aromatic carbocycles. The van der Waals surface area contributed by atoms with Gasteiger partial charge in [-0.15, -0.1) is 11.3 Å². The molecule has 38 heavy (non-hydrogen) atoms. The largest absolute Gasteiger partial charge is 0.508 e. The van der Waals surface area contributed by atoms with Crippen LogP contribution in [0.3, 0.4) is 0 Å². The van der Waals surface area contributed by atoms with Gasteiger partial charge >= 0.3 is 0 Å². The Hall–Kier alpha value is -3.20.